The van der Waals surface area contributed by atoms with E-state index >= 15 is 0 Å². The van der Waals surface area contributed by atoms with Crippen LogP contribution in [0.2, 0.25) is 5.02 Å². The van der Waals surface area contributed by atoms with E-state index in [0.717, 1.165) is 6.26 Å². The first kappa shape index (κ1) is 15.8. The van der Waals surface area contributed by atoms with Gasteiger partial charge in [-0.25, -0.2) is 12.8 Å². The number of rotatable bonds is 3. The third-order valence-electron chi connectivity index (χ3n) is 3.54. The van der Waals surface area contributed by atoms with Gasteiger partial charge in [0.2, 0.25) is 0 Å². The SMILES string of the molecule is CC(C)(c1[nH]nc(N)c1-c1cccc(Cl)c1F)S(C)(=O)=O. The van der Waals surface area contributed by atoms with Crippen molar-refractivity contribution in [3.8, 4) is 11.1 Å². The maximum absolute atomic E-state index is 14.2. The molecule has 2 rings (SSSR count). The lowest BCUT2D eigenvalue weighted by Gasteiger charge is -2.22. The quantitative estimate of drug-likeness (QED) is 0.905. The van der Waals surface area contributed by atoms with Crippen LogP contribution in [0.15, 0.2) is 18.2 Å². The molecule has 1 heterocycles. The molecule has 0 bridgehead atoms. The first-order chi connectivity index (χ1) is 9.57. The highest BCUT2D eigenvalue weighted by molar-refractivity contribution is 7.91. The van der Waals surface area contributed by atoms with Gasteiger partial charge in [-0.05, 0) is 19.9 Å². The van der Waals surface area contributed by atoms with Crippen LogP contribution in [0.25, 0.3) is 11.1 Å². The molecule has 0 aliphatic heterocycles. The van der Waals surface area contributed by atoms with Gasteiger partial charge in [0.25, 0.3) is 0 Å². The number of nitrogens with zero attached hydrogens (tertiary/aromatic N) is 1. The number of halogens is 2. The molecule has 2 aromatic rings. The smallest absolute Gasteiger partial charge is 0.158 e. The fourth-order valence-corrected chi connectivity index (χ4v) is 2.64. The average molecular weight is 332 g/mol. The number of anilines is 1. The Balaban J connectivity index is 2.79. The van der Waals surface area contributed by atoms with Crippen LogP contribution < -0.4 is 5.73 Å². The standard InChI is InChI=1S/C13H15ClFN3O2S/c1-13(2,21(3,19)20)11-9(12(16)18-17-11)7-5-4-6-8(14)10(7)15/h4-6H,1-3H3,(H3,16,17,18). The summed E-state index contributed by atoms with van der Waals surface area (Å²) >= 11 is 5.77. The van der Waals surface area contributed by atoms with Crippen LogP contribution >= 0.6 is 11.6 Å². The molecule has 114 valence electrons. The van der Waals surface area contributed by atoms with Gasteiger partial charge >= 0.3 is 0 Å². The van der Waals surface area contributed by atoms with Gasteiger partial charge in [-0.1, -0.05) is 23.7 Å². The summed E-state index contributed by atoms with van der Waals surface area (Å²) in [6.45, 7) is 3.00. The predicted molar refractivity (Wildman–Crippen MR) is 81.3 cm³/mol. The molecule has 0 amide bonds. The number of benzene rings is 1. The van der Waals surface area contributed by atoms with Crippen LogP contribution in [0.5, 0.6) is 0 Å². The van der Waals surface area contributed by atoms with Crippen LogP contribution in [0, 0.1) is 5.82 Å². The van der Waals surface area contributed by atoms with Gasteiger partial charge in [-0.15, -0.1) is 0 Å². The second-order valence-electron chi connectivity index (χ2n) is 5.24. The zero-order valence-corrected chi connectivity index (χ0v) is 13.3. The highest BCUT2D eigenvalue weighted by atomic mass is 35.5. The lowest BCUT2D eigenvalue weighted by atomic mass is 9.98. The van der Waals surface area contributed by atoms with Gasteiger partial charge in [-0.3, -0.25) is 5.10 Å². The molecule has 0 radical (unpaired) electrons. The molecule has 8 heteroatoms. The van der Waals surface area contributed by atoms with Gasteiger partial charge in [-0.2, -0.15) is 5.10 Å². The molecule has 0 aliphatic rings. The summed E-state index contributed by atoms with van der Waals surface area (Å²) in [6, 6.07) is 4.44. The van der Waals surface area contributed by atoms with Gasteiger partial charge < -0.3 is 5.73 Å². The van der Waals surface area contributed by atoms with E-state index in [0.29, 0.717) is 0 Å². The van der Waals surface area contributed by atoms with E-state index in [4.69, 9.17) is 17.3 Å². The highest BCUT2D eigenvalue weighted by Crippen LogP contribution is 2.40. The van der Waals surface area contributed by atoms with E-state index < -0.39 is 20.4 Å². The van der Waals surface area contributed by atoms with Crippen LogP contribution in [-0.4, -0.2) is 24.9 Å². The Kier molecular flexibility index (Phi) is 3.75. The fraction of sp³-hybridized carbons (Fsp3) is 0.308. The number of nitrogen functional groups attached to an aromatic ring is 1. The van der Waals surface area contributed by atoms with Gasteiger partial charge in [0.1, 0.15) is 10.6 Å². The second-order valence-corrected chi connectivity index (χ2v) is 8.21. The lowest BCUT2D eigenvalue weighted by Crippen LogP contribution is -2.29. The number of hydrogen-bond acceptors (Lipinski definition) is 4. The van der Waals surface area contributed by atoms with Crippen molar-refractivity contribution < 1.29 is 12.8 Å². The van der Waals surface area contributed by atoms with E-state index in [1.165, 1.54) is 26.0 Å². The third-order valence-corrected chi connectivity index (χ3v) is 5.89. The van der Waals surface area contributed by atoms with Gasteiger partial charge in [0.05, 0.1) is 16.3 Å². The minimum atomic E-state index is -3.48. The minimum Gasteiger partial charge on any atom is -0.382 e. The van der Waals surface area contributed by atoms with E-state index in [9.17, 15) is 12.8 Å². The number of H-pyrrole nitrogens is 1. The molecule has 3 N–H and O–H groups in total. The predicted octanol–water partition coefficient (Wildman–Crippen LogP) is 2.73. The molecule has 0 saturated carbocycles. The summed E-state index contributed by atoms with van der Waals surface area (Å²) in [5, 5.41) is 6.35. The molecular weight excluding hydrogens is 317 g/mol. The zero-order valence-electron chi connectivity index (χ0n) is 11.7. The Morgan fingerprint density at radius 1 is 1.38 bits per heavy atom. The lowest BCUT2D eigenvalue weighted by molar-refractivity contribution is 0.556. The Bertz CT molecular complexity index is 800. The first-order valence-electron chi connectivity index (χ1n) is 6.05. The molecule has 0 spiro atoms. The number of nitrogens with two attached hydrogens (primary N) is 1. The third kappa shape index (κ3) is 2.51. The molecular formula is C13H15ClFN3O2S. The Morgan fingerprint density at radius 3 is 2.57 bits per heavy atom. The topological polar surface area (TPSA) is 88.8 Å². The summed E-state index contributed by atoms with van der Waals surface area (Å²) in [5.41, 5.74) is 6.34. The van der Waals surface area contributed by atoms with Crippen LogP contribution in [-0.2, 0) is 14.6 Å². The monoisotopic (exact) mass is 331 g/mol. The van der Waals surface area contributed by atoms with Crippen molar-refractivity contribution in [2.45, 2.75) is 18.6 Å². The zero-order chi connectivity index (χ0) is 16.0. The average Bonchev–Trinajstić information content (AvgIpc) is 2.74. The van der Waals surface area contributed by atoms with Crippen molar-refractivity contribution in [3.63, 3.8) is 0 Å². The summed E-state index contributed by atoms with van der Waals surface area (Å²) < 4.78 is 36.9. The molecule has 0 fully saturated rings. The van der Waals surface area contributed by atoms with E-state index in [1.54, 1.807) is 6.07 Å². The minimum absolute atomic E-state index is 0.0166. The molecule has 21 heavy (non-hydrogen) atoms. The molecule has 5 nitrogen and oxygen atoms in total. The highest BCUT2D eigenvalue weighted by Gasteiger charge is 2.38. The second kappa shape index (κ2) is 4.99. The Morgan fingerprint density at radius 2 is 2.00 bits per heavy atom. The van der Waals surface area contributed by atoms with Crippen LogP contribution in [0.1, 0.15) is 19.5 Å². The maximum Gasteiger partial charge on any atom is 0.158 e. The normalized spacial score (nSPS) is 12.6. The molecule has 0 saturated heterocycles. The van der Waals surface area contributed by atoms with Crippen molar-refractivity contribution in [3.05, 3.63) is 34.7 Å². The molecule has 0 unspecified atom stereocenters. The molecule has 1 aromatic carbocycles. The molecule has 0 aliphatic carbocycles. The van der Waals surface area contributed by atoms with Crippen molar-refractivity contribution >= 4 is 27.3 Å². The number of aromatic amines is 1. The fourth-order valence-electron chi connectivity index (χ4n) is 1.95. The number of sulfone groups is 1. The first-order valence-corrected chi connectivity index (χ1v) is 8.32. The van der Waals surface area contributed by atoms with Crippen LogP contribution in [0.3, 0.4) is 0 Å². The molecule has 1 aromatic heterocycles. The van der Waals surface area contributed by atoms with Crippen LogP contribution in [0.4, 0.5) is 10.2 Å². The van der Waals surface area contributed by atoms with E-state index in [2.05, 4.69) is 10.2 Å². The van der Waals surface area contributed by atoms with Gasteiger partial charge in [0, 0.05) is 11.8 Å². The summed E-state index contributed by atoms with van der Waals surface area (Å²) in [7, 11) is -3.48. The van der Waals surface area contributed by atoms with Crippen molar-refractivity contribution in [1.82, 2.24) is 10.2 Å². The molecule has 0 atom stereocenters. The number of aromatic nitrogens is 2. The van der Waals surface area contributed by atoms with E-state index in [1.807, 2.05) is 0 Å². The number of hydrogen-bond donors (Lipinski definition) is 2. The number of nitrogens with one attached hydrogen (secondary N) is 1. The summed E-state index contributed by atoms with van der Waals surface area (Å²) in [6.07, 6.45) is 1.10. The Labute approximate surface area is 127 Å². The summed E-state index contributed by atoms with van der Waals surface area (Å²) in [5.74, 6) is -0.652. The summed E-state index contributed by atoms with van der Waals surface area (Å²) in [4.78, 5) is 0. The van der Waals surface area contributed by atoms with E-state index in [-0.39, 0.29) is 27.7 Å². The largest absolute Gasteiger partial charge is 0.382 e. The van der Waals surface area contributed by atoms with Crippen molar-refractivity contribution in [2.75, 3.05) is 12.0 Å². The van der Waals surface area contributed by atoms with Gasteiger partial charge in [0.15, 0.2) is 15.7 Å². The van der Waals surface area contributed by atoms with Crippen molar-refractivity contribution in [2.24, 2.45) is 0 Å². The van der Waals surface area contributed by atoms with Crippen molar-refractivity contribution in [1.29, 1.82) is 0 Å². The Hall–Kier alpha value is -1.60. The maximum atomic E-state index is 14.2.